The minimum absolute atomic E-state index is 0. The summed E-state index contributed by atoms with van der Waals surface area (Å²) in [5.41, 5.74) is -1.27. The molecular formula is C13H8F3LiN2O3. The molecule has 0 amide bonds. The molecule has 2 aromatic rings. The van der Waals surface area contributed by atoms with Gasteiger partial charge in [-0.2, -0.15) is 13.2 Å². The van der Waals surface area contributed by atoms with Crippen LogP contribution in [0.5, 0.6) is 5.75 Å². The molecule has 0 bridgehead atoms. The van der Waals surface area contributed by atoms with Crippen molar-refractivity contribution in [3.63, 3.8) is 0 Å². The number of nitrogens with zero attached hydrogens (tertiary/aromatic N) is 2. The summed E-state index contributed by atoms with van der Waals surface area (Å²) in [4.78, 5) is 14.8. The Morgan fingerprint density at radius 1 is 1.36 bits per heavy atom. The number of benzene rings is 1. The van der Waals surface area contributed by atoms with Crippen molar-refractivity contribution in [1.82, 2.24) is 9.55 Å². The van der Waals surface area contributed by atoms with Gasteiger partial charge in [-0.3, -0.25) is 0 Å². The van der Waals surface area contributed by atoms with Crippen LogP contribution in [0, 0.1) is 0 Å². The molecule has 3 rings (SSSR count). The Hall–Kier alpha value is -1.91. The molecule has 0 N–H and O–H groups in total. The summed E-state index contributed by atoms with van der Waals surface area (Å²) >= 11 is 0. The van der Waals surface area contributed by atoms with E-state index in [0.717, 1.165) is 6.07 Å². The van der Waals surface area contributed by atoms with E-state index in [4.69, 9.17) is 4.74 Å². The molecular weight excluding hydrogens is 296 g/mol. The van der Waals surface area contributed by atoms with Gasteiger partial charge in [0, 0.05) is 5.56 Å². The molecule has 9 heteroatoms. The van der Waals surface area contributed by atoms with Gasteiger partial charge < -0.3 is 19.2 Å². The number of aromatic nitrogens is 2. The molecule has 2 heterocycles. The van der Waals surface area contributed by atoms with E-state index in [9.17, 15) is 23.1 Å². The van der Waals surface area contributed by atoms with E-state index in [1.165, 1.54) is 12.5 Å². The number of halogens is 3. The smallest absolute Gasteiger partial charge is 0.545 e. The van der Waals surface area contributed by atoms with E-state index in [1.807, 2.05) is 0 Å². The number of ether oxygens (including phenoxy) is 1. The van der Waals surface area contributed by atoms with Crippen LogP contribution in [0.3, 0.4) is 0 Å². The molecule has 22 heavy (non-hydrogen) atoms. The Morgan fingerprint density at radius 3 is 2.73 bits per heavy atom. The largest absolute Gasteiger partial charge is 1.00 e. The van der Waals surface area contributed by atoms with Crippen molar-refractivity contribution < 1.29 is 46.7 Å². The first-order chi connectivity index (χ1) is 9.88. The molecule has 0 radical (unpaired) electrons. The van der Waals surface area contributed by atoms with Crippen LogP contribution in [0.4, 0.5) is 13.2 Å². The fourth-order valence-electron chi connectivity index (χ4n) is 2.27. The van der Waals surface area contributed by atoms with Crippen LogP contribution in [-0.4, -0.2) is 22.1 Å². The monoisotopic (exact) mass is 304 g/mol. The van der Waals surface area contributed by atoms with E-state index < -0.39 is 23.3 Å². The topological polar surface area (TPSA) is 67.2 Å². The fourth-order valence-corrected chi connectivity index (χ4v) is 2.27. The van der Waals surface area contributed by atoms with E-state index >= 15 is 0 Å². The van der Waals surface area contributed by atoms with Crippen LogP contribution < -0.4 is 28.7 Å². The Kier molecular flexibility index (Phi) is 4.27. The van der Waals surface area contributed by atoms with Gasteiger partial charge in [-0.25, -0.2) is 4.98 Å². The third-order valence-corrected chi connectivity index (χ3v) is 3.20. The number of imidazole rings is 1. The molecule has 0 fully saturated rings. The summed E-state index contributed by atoms with van der Waals surface area (Å²) in [6.45, 7) is 0.353. The number of carboxylic acids is 1. The molecule has 5 nitrogen and oxygen atoms in total. The van der Waals surface area contributed by atoms with Crippen molar-refractivity contribution >= 4 is 5.97 Å². The molecule has 1 aliphatic rings. The van der Waals surface area contributed by atoms with E-state index in [1.54, 1.807) is 4.57 Å². The fraction of sp³-hybridized carbons (Fsp3) is 0.231. The molecule has 1 aromatic heterocycles. The number of carboxylic acid groups (broad SMARTS) is 1. The second-order valence-electron chi connectivity index (χ2n) is 4.51. The first kappa shape index (κ1) is 16.5. The van der Waals surface area contributed by atoms with Crippen LogP contribution in [0.2, 0.25) is 0 Å². The third-order valence-electron chi connectivity index (χ3n) is 3.20. The van der Waals surface area contributed by atoms with Crippen molar-refractivity contribution in [2.24, 2.45) is 0 Å². The SMILES string of the molecule is O=C([O-])c1cc2c(c(C(F)(F)F)c1)OCCn1cncc1-2.[Li+]. The van der Waals surface area contributed by atoms with Crippen LogP contribution in [0.25, 0.3) is 11.3 Å². The predicted molar refractivity (Wildman–Crippen MR) is 62.5 cm³/mol. The van der Waals surface area contributed by atoms with Crippen LogP contribution in [0.15, 0.2) is 24.7 Å². The van der Waals surface area contributed by atoms with Gasteiger partial charge in [0.15, 0.2) is 0 Å². The van der Waals surface area contributed by atoms with Crippen LogP contribution in [-0.2, 0) is 12.7 Å². The molecule has 1 aromatic carbocycles. The van der Waals surface area contributed by atoms with Crippen molar-refractivity contribution in [3.8, 4) is 17.0 Å². The Bertz CT molecular complexity index is 728. The normalized spacial score (nSPS) is 13.2. The van der Waals surface area contributed by atoms with Gasteiger partial charge >= 0.3 is 25.0 Å². The summed E-state index contributed by atoms with van der Waals surface area (Å²) in [6.07, 6.45) is -1.91. The minimum atomic E-state index is -4.73. The van der Waals surface area contributed by atoms with Gasteiger partial charge in [0.25, 0.3) is 0 Å². The molecule has 0 unspecified atom stereocenters. The number of alkyl halides is 3. The summed E-state index contributed by atoms with van der Waals surface area (Å²) in [6, 6.07) is 1.64. The van der Waals surface area contributed by atoms with Crippen molar-refractivity contribution in [3.05, 3.63) is 35.8 Å². The molecule has 1 aliphatic heterocycles. The van der Waals surface area contributed by atoms with Gasteiger partial charge in [-0.05, 0) is 17.7 Å². The molecule has 0 aliphatic carbocycles. The maximum absolute atomic E-state index is 13.1. The molecule has 110 valence electrons. The van der Waals surface area contributed by atoms with Gasteiger partial charge in [0.05, 0.1) is 36.3 Å². The maximum Gasteiger partial charge on any atom is 1.00 e. The van der Waals surface area contributed by atoms with E-state index in [-0.39, 0.29) is 36.8 Å². The van der Waals surface area contributed by atoms with Crippen LogP contribution >= 0.6 is 0 Å². The number of hydrogen-bond acceptors (Lipinski definition) is 4. The number of carbonyl (C=O) groups excluding carboxylic acids is 1. The molecule has 0 saturated heterocycles. The first-order valence-corrected chi connectivity index (χ1v) is 5.98. The first-order valence-electron chi connectivity index (χ1n) is 5.98. The van der Waals surface area contributed by atoms with Gasteiger partial charge in [-0.15, -0.1) is 0 Å². The molecule has 0 atom stereocenters. The van der Waals surface area contributed by atoms with Gasteiger partial charge in [0.2, 0.25) is 0 Å². The van der Waals surface area contributed by atoms with Crippen molar-refractivity contribution in [1.29, 1.82) is 0 Å². The average molecular weight is 304 g/mol. The number of rotatable bonds is 1. The quantitative estimate of drug-likeness (QED) is 0.591. The van der Waals surface area contributed by atoms with Crippen LogP contribution in [0.1, 0.15) is 15.9 Å². The van der Waals surface area contributed by atoms with Crippen molar-refractivity contribution in [2.75, 3.05) is 6.61 Å². The zero-order valence-corrected chi connectivity index (χ0v) is 11.5. The summed E-state index contributed by atoms with van der Waals surface area (Å²) in [5.74, 6) is -2.06. The Labute approximate surface area is 134 Å². The zero-order chi connectivity index (χ0) is 15.2. The van der Waals surface area contributed by atoms with Crippen molar-refractivity contribution in [2.45, 2.75) is 12.7 Å². The second kappa shape index (κ2) is 5.70. The zero-order valence-electron chi connectivity index (χ0n) is 11.5. The average Bonchev–Trinajstić information content (AvgIpc) is 2.78. The number of hydrogen-bond donors (Lipinski definition) is 0. The maximum atomic E-state index is 13.1. The Balaban J connectivity index is 0.00000176. The molecule has 0 saturated carbocycles. The predicted octanol–water partition coefficient (Wildman–Crippen LogP) is -1.67. The van der Waals surface area contributed by atoms with E-state index in [2.05, 4.69) is 4.98 Å². The Morgan fingerprint density at radius 2 is 2.09 bits per heavy atom. The van der Waals surface area contributed by atoms with Gasteiger partial charge in [0.1, 0.15) is 12.4 Å². The summed E-state index contributed by atoms with van der Waals surface area (Å²) < 4.78 is 46.2. The summed E-state index contributed by atoms with van der Waals surface area (Å²) in [5, 5.41) is 11.0. The third kappa shape index (κ3) is 2.72. The van der Waals surface area contributed by atoms with Gasteiger partial charge in [-0.1, -0.05) is 0 Å². The summed E-state index contributed by atoms with van der Waals surface area (Å²) in [7, 11) is 0. The number of fused-ring (bicyclic) bond motifs is 3. The number of carbonyl (C=O) groups is 1. The second-order valence-corrected chi connectivity index (χ2v) is 4.51. The molecule has 0 spiro atoms. The standard InChI is InChI=1S/C13H9F3N2O3.Li/c14-13(15,16)9-4-7(12(19)20)3-8-10-5-17-6-18(10)1-2-21-11(8)9;/h3-6H,1-2H2,(H,19,20);/q;+1/p-1. The minimum Gasteiger partial charge on any atom is -0.545 e. The number of aromatic carboxylic acids is 1. The van der Waals surface area contributed by atoms with E-state index in [0.29, 0.717) is 18.3 Å².